The van der Waals surface area contributed by atoms with E-state index < -0.39 is 0 Å². The van der Waals surface area contributed by atoms with Gasteiger partial charge in [-0.25, -0.2) is 0 Å². The highest BCUT2D eigenvalue weighted by Gasteiger charge is 2.22. The summed E-state index contributed by atoms with van der Waals surface area (Å²) >= 11 is 0. The summed E-state index contributed by atoms with van der Waals surface area (Å²) in [5.41, 5.74) is 0. The van der Waals surface area contributed by atoms with E-state index >= 15 is 0 Å². The van der Waals surface area contributed by atoms with Crippen LogP contribution in [0.1, 0.15) is 92.4 Å². The molecule has 22 heavy (non-hydrogen) atoms. The predicted molar refractivity (Wildman–Crippen MR) is 97.9 cm³/mol. The normalized spacial score (nSPS) is 32.7. The van der Waals surface area contributed by atoms with Crippen LogP contribution in [0.3, 0.4) is 0 Å². The Kier molecular flexibility index (Phi) is 9.71. The van der Waals surface area contributed by atoms with Gasteiger partial charge in [-0.1, -0.05) is 53.9 Å². The third kappa shape index (κ3) is 7.02. The van der Waals surface area contributed by atoms with Crippen LogP contribution >= 0.6 is 0 Å². The summed E-state index contributed by atoms with van der Waals surface area (Å²) in [5.74, 6) is 5.41. The minimum Gasteiger partial charge on any atom is -0.396 e. The lowest BCUT2D eigenvalue weighted by Gasteiger charge is -2.30. The van der Waals surface area contributed by atoms with Gasteiger partial charge in [0.25, 0.3) is 0 Å². The molecule has 132 valence electrons. The molecule has 0 amide bonds. The van der Waals surface area contributed by atoms with Crippen LogP contribution in [0.4, 0.5) is 0 Å². The summed E-state index contributed by atoms with van der Waals surface area (Å²) in [4.78, 5) is 0. The molecular formula is C21H42O. The van der Waals surface area contributed by atoms with Crippen LogP contribution < -0.4 is 0 Å². The third-order valence-electron chi connectivity index (χ3n) is 6.50. The fraction of sp³-hybridized carbons (Fsp3) is 1.00. The molecule has 1 N–H and O–H groups in total. The molecule has 0 aliphatic heterocycles. The van der Waals surface area contributed by atoms with Gasteiger partial charge in [0.15, 0.2) is 0 Å². The number of aliphatic hydroxyl groups is 1. The van der Waals surface area contributed by atoms with Crippen LogP contribution in [-0.2, 0) is 0 Å². The van der Waals surface area contributed by atoms with Crippen molar-refractivity contribution < 1.29 is 5.11 Å². The number of hydrogen-bond donors (Lipinski definition) is 1. The Morgan fingerprint density at radius 3 is 1.32 bits per heavy atom. The molecule has 2 rings (SSSR count). The Morgan fingerprint density at radius 2 is 1.05 bits per heavy atom. The molecule has 2 fully saturated rings. The Hall–Kier alpha value is -0.0400. The van der Waals surface area contributed by atoms with Crippen LogP contribution in [0, 0.1) is 35.5 Å². The van der Waals surface area contributed by atoms with Gasteiger partial charge < -0.3 is 5.11 Å². The zero-order valence-electron chi connectivity index (χ0n) is 16.0. The Balaban J connectivity index is 0.000000220. The second-order valence-electron chi connectivity index (χ2n) is 8.64. The molecule has 0 heterocycles. The van der Waals surface area contributed by atoms with Gasteiger partial charge in [0, 0.05) is 6.61 Å². The van der Waals surface area contributed by atoms with E-state index in [2.05, 4.69) is 34.6 Å². The van der Waals surface area contributed by atoms with E-state index in [1.165, 1.54) is 57.8 Å². The first-order valence-corrected chi connectivity index (χ1v) is 10.1. The lowest BCUT2D eigenvalue weighted by molar-refractivity contribution is 0.151. The van der Waals surface area contributed by atoms with Crippen molar-refractivity contribution in [1.29, 1.82) is 0 Å². The van der Waals surface area contributed by atoms with E-state index in [1.807, 2.05) is 0 Å². The second-order valence-corrected chi connectivity index (χ2v) is 8.64. The predicted octanol–water partition coefficient (Wildman–Crippen LogP) is 6.30. The minimum absolute atomic E-state index is 0.408. The molecule has 0 aromatic rings. The highest BCUT2D eigenvalue weighted by Crippen LogP contribution is 2.34. The molecule has 2 aliphatic rings. The van der Waals surface area contributed by atoms with Crippen molar-refractivity contribution in [3.05, 3.63) is 0 Å². The summed E-state index contributed by atoms with van der Waals surface area (Å²) in [6, 6.07) is 0. The van der Waals surface area contributed by atoms with Crippen LogP contribution in [0.15, 0.2) is 0 Å². The molecule has 1 nitrogen and oxygen atoms in total. The Labute approximate surface area is 140 Å². The monoisotopic (exact) mass is 310 g/mol. The van der Waals surface area contributed by atoms with Crippen molar-refractivity contribution >= 4 is 0 Å². The fourth-order valence-corrected chi connectivity index (χ4v) is 4.30. The van der Waals surface area contributed by atoms with Gasteiger partial charge in [-0.15, -0.1) is 0 Å². The molecule has 0 aromatic carbocycles. The van der Waals surface area contributed by atoms with Gasteiger partial charge in [-0.2, -0.15) is 0 Å². The molecule has 0 radical (unpaired) electrons. The lowest BCUT2D eigenvalue weighted by atomic mass is 9.76. The standard InChI is InChI=1S/C11H22.C10H20O/c1-4-10-5-7-11(8-6-10)9(2)3;1-8(2)10-5-3-9(7-11)4-6-10/h9-11H,4-8H2,1-3H3;8-11H,3-7H2,1-2H3. The molecule has 2 saturated carbocycles. The van der Waals surface area contributed by atoms with Crippen molar-refractivity contribution in [3.63, 3.8) is 0 Å². The summed E-state index contributed by atoms with van der Waals surface area (Å²) in [5, 5.41) is 8.92. The number of aliphatic hydroxyl groups excluding tert-OH is 1. The quantitative estimate of drug-likeness (QED) is 0.646. The number of hydrogen-bond acceptors (Lipinski definition) is 1. The molecule has 2 aliphatic carbocycles. The van der Waals surface area contributed by atoms with E-state index in [1.54, 1.807) is 0 Å². The first-order chi connectivity index (χ1) is 10.5. The molecule has 0 saturated heterocycles. The smallest absolute Gasteiger partial charge is 0.0459 e. The summed E-state index contributed by atoms with van der Waals surface area (Å²) in [7, 11) is 0. The molecule has 0 spiro atoms. The first kappa shape index (κ1) is 20.0. The van der Waals surface area contributed by atoms with Crippen molar-refractivity contribution in [2.45, 2.75) is 92.4 Å². The average Bonchev–Trinajstić information content (AvgIpc) is 2.55. The van der Waals surface area contributed by atoms with Crippen LogP contribution in [0.25, 0.3) is 0 Å². The van der Waals surface area contributed by atoms with Gasteiger partial charge in [0.1, 0.15) is 0 Å². The largest absolute Gasteiger partial charge is 0.396 e. The second kappa shape index (κ2) is 10.7. The molecule has 0 unspecified atom stereocenters. The lowest BCUT2D eigenvalue weighted by Crippen LogP contribution is -2.20. The van der Waals surface area contributed by atoms with Crippen molar-refractivity contribution in [2.24, 2.45) is 35.5 Å². The van der Waals surface area contributed by atoms with Crippen LogP contribution in [0.2, 0.25) is 0 Å². The van der Waals surface area contributed by atoms with Gasteiger partial charge in [0.2, 0.25) is 0 Å². The summed E-state index contributed by atoms with van der Waals surface area (Å²) < 4.78 is 0. The maximum Gasteiger partial charge on any atom is 0.0459 e. The van der Waals surface area contributed by atoms with E-state index in [-0.39, 0.29) is 0 Å². The fourth-order valence-electron chi connectivity index (χ4n) is 4.30. The van der Waals surface area contributed by atoms with Crippen LogP contribution in [-0.4, -0.2) is 11.7 Å². The highest BCUT2D eigenvalue weighted by molar-refractivity contribution is 4.74. The molecular weight excluding hydrogens is 268 g/mol. The SMILES string of the molecule is CC(C)C1CCC(CO)CC1.CCC1CCC(C(C)C)CC1. The van der Waals surface area contributed by atoms with Gasteiger partial charge in [-0.05, 0) is 74.0 Å². The minimum atomic E-state index is 0.408. The first-order valence-electron chi connectivity index (χ1n) is 10.1. The van der Waals surface area contributed by atoms with Crippen LogP contribution in [0.5, 0.6) is 0 Å². The Morgan fingerprint density at radius 1 is 0.682 bits per heavy atom. The van der Waals surface area contributed by atoms with Gasteiger partial charge in [0.05, 0.1) is 0 Å². The van der Waals surface area contributed by atoms with E-state index in [0.29, 0.717) is 12.5 Å². The Bertz CT molecular complexity index is 227. The third-order valence-corrected chi connectivity index (χ3v) is 6.50. The molecule has 0 bridgehead atoms. The van der Waals surface area contributed by atoms with Gasteiger partial charge in [-0.3, -0.25) is 0 Å². The van der Waals surface area contributed by atoms with Crippen molar-refractivity contribution in [2.75, 3.05) is 6.61 Å². The maximum atomic E-state index is 8.92. The zero-order chi connectivity index (χ0) is 16.5. The van der Waals surface area contributed by atoms with Gasteiger partial charge >= 0.3 is 0 Å². The van der Waals surface area contributed by atoms with E-state index in [9.17, 15) is 0 Å². The number of rotatable bonds is 4. The van der Waals surface area contributed by atoms with E-state index in [0.717, 1.165) is 29.6 Å². The van der Waals surface area contributed by atoms with Crippen molar-refractivity contribution in [3.8, 4) is 0 Å². The van der Waals surface area contributed by atoms with E-state index in [4.69, 9.17) is 5.11 Å². The average molecular weight is 311 g/mol. The molecule has 1 heteroatoms. The topological polar surface area (TPSA) is 20.2 Å². The van der Waals surface area contributed by atoms with Crippen molar-refractivity contribution in [1.82, 2.24) is 0 Å². The zero-order valence-corrected chi connectivity index (χ0v) is 16.0. The molecule has 0 atom stereocenters. The summed E-state index contributed by atoms with van der Waals surface area (Å²) in [6.07, 6.45) is 12.6. The maximum absolute atomic E-state index is 8.92. The molecule has 0 aromatic heterocycles. The highest BCUT2D eigenvalue weighted by atomic mass is 16.3. The summed E-state index contributed by atoms with van der Waals surface area (Å²) in [6.45, 7) is 12.1.